The van der Waals surface area contributed by atoms with Gasteiger partial charge in [-0.2, -0.15) is 0 Å². The smallest absolute Gasteiger partial charge is 0.124 e. The zero-order valence-electron chi connectivity index (χ0n) is 10.2. The molecule has 1 aromatic heterocycles. The second kappa shape index (κ2) is 5.51. The Morgan fingerprint density at radius 3 is 2.21 bits per heavy atom. The fraction of sp³-hybridized carbons (Fsp3) is 0. The summed E-state index contributed by atoms with van der Waals surface area (Å²) in [7, 11) is 0. The van der Waals surface area contributed by atoms with Gasteiger partial charge < -0.3 is 0 Å². The van der Waals surface area contributed by atoms with Gasteiger partial charge in [0.15, 0.2) is 0 Å². The fourth-order valence-corrected chi connectivity index (χ4v) is 2.48. The van der Waals surface area contributed by atoms with Gasteiger partial charge in [0.25, 0.3) is 0 Å². The van der Waals surface area contributed by atoms with Crippen LogP contribution in [0, 0.1) is 11.8 Å². The summed E-state index contributed by atoms with van der Waals surface area (Å²) in [6, 6.07) is 20.2. The molecule has 2 heteroatoms. The topological polar surface area (TPSA) is 12.9 Å². The molecule has 90 valence electrons. The van der Waals surface area contributed by atoms with Crippen molar-refractivity contribution in [2.24, 2.45) is 0 Å². The standard InChI is InChI=1S/C17H11NS/c1-3-7-14(8-4-1)11-12-16-13-18-17(19-16)15-9-5-2-6-10-15/h1-10,13H. The third-order valence-corrected chi connectivity index (χ3v) is 3.59. The SMILES string of the molecule is C(#Cc1cnc(-c2ccccc2)s1)c1ccccc1. The van der Waals surface area contributed by atoms with Gasteiger partial charge in [-0.3, -0.25) is 0 Å². The first-order valence-corrected chi connectivity index (χ1v) is 6.82. The van der Waals surface area contributed by atoms with E-state index in [1.165, 1.54) is 0 Å². The molecule has 0 amide bonds. The summed E-state index contributed by atoms with van der Waals surface area (Å²) < 4.78 is 0. The van der Waals surface area contributed by atoms with Crippen LogP contribution in [0.4, 0.5) is 0 Å². The normalized spacial score (nSPS) is 9.68. The van der Waals surface area contributed by atoms with Gasteiger partial charge >= 0.3 is 0 Å². The molecule has 1 nitrogen and oxygen atoms in total. The zero-order chi connectivity index (χ0) is 12.9. The van der Waals surface area contributed by atoms with Crippen LogP contribution in [-0.2, 0) is 0 Å². The molecule has 0 aliphatic heterocycles. The molecule has 0 aliphatic rings. The maximum absolute atomic E-state index is 4.41. The maximum atomic E-state index is 4.41. The highest BCUT2D eigenvalue weighted by Crippen LogP contribution is 2.24. The Hall–Kier alpha value is -2.37. The van der Waals surface area contributed by atoms with E-state index in [1.807, 2.05) is 54.7 Å². The second-order valence-corrected chi connectivity index (χ2v) is 5.04. The maximum Gasteiger partial charge on any atom is 0.124 e. The van der Waals surface area contributed by atoms with E-state index in [-0.39, 0.29) is 0 Å². The molecule has 2 aromatic carbocycles. The van der Waals surface area contributed by atoms with E-state index >= 15 is 0 Å². The lowest BCUT2D eigenvalue weighted by Gasteiger charge is -1.92. The van der Waals surface area contributed by atoms with Crippen LogP contribution >= 0.6 is 11.3 Å². The van der Waals surface area contributed by atoms with Crippen molar-refractivity contribution >= 4 is 11.3 Å². The van der Waals surface area contributed by atoms with Crippen molar-refractivity contribution in [1.29, 1.82) is 0 Å². The van der Waals surface area contributed by atoms with Crippen LogP contribution in [0.3, 0.4) is 0 Å². The molecule has 0 spiro atoms. The van der Waals surface area contributed by atoms with Crippen molar-refractivity contribution < 1.29 is 0 Å². The third-order valence-electron chi connectivity index (χ3n) is 2.63. The van der Waals surface area contributed by atoms with Gasteiger partial charge in [-0.25, -0.2) is 4.98 Å². The van der Waals surface area contributed by atoms with Gasteiger partial charge in [-0.05, 0) is 18.1 Å². The molecular weight excluding hydrogens is 250 g/mol. The lowest BCUT2D eigenvalue weighted by molar-refractivity contribution is 1.41. The summed E-state index contributed by atoms with van der Waals surface area (Å²) in [6.45, 7) is 0. The number of nitrogens with zero attached hydrogens (tertiary/aromatic N) is 1. The summed E-state index contributed by atoms with van der Waals surface area (Å²) in [5.41, 5.74) is 2.16. The summed E-state index contributed by atoms with van der Waals surface area (Å²) in [4.78, 5) is 5.40. The lowest BCUT2D eigenvalue weighted by atomic mass is 10.2. The molecule has 0 atom stereocenters. The van der Waals surface area contributed by atoms with E-state index < -0.39 is 0 Å². The number of hydrogen-bond donors (Lipinski definition) is 0. The van der Waals surface area contributed by atoms with Crippen LogP contribution in [0.5, 0.6) is 0 Å². The van der Waals surface area contributed by atoms with Crippen molar-refractivity contribution in [1.82, 2.24) is 4.98 Å². The first-order valence-electron chi connectivity index (χ1n) is 6.00. The van der Waals surface area contributed by atoms with Crippen molar-refractivity contribution in [2.75, 3.05) is 0 Å². The Balaban J connectivity index is 1.85. The highest BCUT2D eigenvalue weighted by atomic mass is 32.1. The Bertz CT molecular complexity index is 718. The molecule has 3 aromatic rings. The van der Waals surface area contributed by atoms with E-state index in [0.717, 1.165) is 21.0 Å². The third kappa shape index (κ3) is 2.90. The van der Waals surface area contributed by atoms with Gasteiger partial charge in [0, 0.05) is 11.1 Å². The minimum atomic E-state index is 0.989. The largest absolute Gasteiger partial charge is 0.243 e. The predicted octanol–water partition coefficient (Wildman–Crippen LogP) is 4.21. The molecular formula is C17H11NS. The van der Waals surface area contributed by atoms with Gasteiger partial charge in [-0.1, -0.05) is 54.5 Å². The van der Waals surface area contributed by atoms with E-state index in [1.54, 1.807) is 11.3 Å². The van der Waals surface area contributed by atoms with E-state index in [2.05, 4.69) is 29.0 Å². The summed E-state index contributed by atoms with van der Waals surface area (Å²) in [5.74, 6) is 6.30. The van der Waals surface area contributed by atoms with Gasteiger partial charge in [0.05, 0.1) is 11.1 Å². The number of hydrogen-bond acceptors (Lipinski definition) is 2. The predicted molar refractivity (Wildman–Crippen MR) is 80.0 cm³/mol. The second-order valence-electron chi connectivity index (χ2n) is 4.01. The van der Waals surface area contributed by atoms with E-state index in [0.29, 0.717) is 0 Å². The Kier molecular flexibility index (Phi) is 3.40. The van der Waals surface area contributed by atoms with Crippen LogP contribution < -0.4 is 0 Å². The molecule has 0 radical (unpaired) electrons. The quantitative estimate of drug-likeness (QED) is 0.598. The number of rotatable bonds is 1. The van der Waals surface area contributed by atoms with Crippen molar-refractivity contribution in [2.45, 2.75) is 0 Å². The molecule has 0 saturated heterocycles. The highest BCUT2D eigenvalue weighted by molar-refractivity contribution is 7.15. The molecule has 19 heavy (non-hydrogen) atoms. The molecule has 0 bridgehead atoms. The fourth-order valence-electron chi connectivity index (χ4n) is 1.70. The Morgan fingerprint density at radius 2 is 1.47 bits per heavy atom. The summed E-state index contributed by atoms with van der Waals surface area (Å²) in [5, 5.41) is 1.01. The van der Waals surface area contributed by atoms with Crippen LogP contribution in [0.1, 0.15) is 10.4 Å². The van der Waals surface area contributed by atoms with Crippen LogP contribution in [-0.4, -0.2) is 4.98 Å². The average molecular weight is 261 g/mol. The molecule has 3 rings (SSSR count). The zero-order valence-corrected chi connectivity index (χ0v) is 11.0. The van der Waals surface area contributed by atoms with Crippen molar-refractivity contribution in [3.8, 4) is 22.4 Å². The number of thiazole rings is 1. The van der Waals surface area contributed by atoms with Crippen LogP contribution in [0.2, 0.25) is 0 Å². The highest BCUT2D eigenvalue weighted by Gasteiger charge is 2.01. The number of aromatic nitrogens is 1. The minimum absolute atomic E-state index is 0.989. The van der Waals surface area contributed by atoms with Crippen molar-refractivity contribution in [3.05, 3.63) is 77.3 Å². The minimum Gasteiger partial charge on any atom is -0.243 e. The van der Waals surface area contributed by atoms with E-state index in [9.17, 15) is 0 Å². The van der Waals surface area contributed by atoms with Crippen LogP contribution in [0.15, 0.2) is 66.9 Å². The number of benzene rings is 2. The van der Waals surface area contributed by atoms with Gasteiger partial charge in [0.2, 0.25) is 0 Å². The molecule has 0 saturated carbocycles. The molecule has 0 aliphatic carbocycles. The Labute approximate surface area is 116 Å². The summed E-state index contributed by atoms with van der Waals surface area (Å²) in [6.07, 6.45) is 1.84. The van der Waals surface area contributed by atoms with Crippen molar-refractivity contribution in [3.63, 3.8) is 0 Å². The molecule has 0 unspecified atom stereocenters. The molecule has 0 fully saturated rings. The molecule has 0 N–H and O–H groups in total. The van der Waals surface area contributed by atoms with E-state index in [4.69, 9.17) is 0 Å². The first-order chi connectivity index (χ1) is 9.42. The lowest BCUT2D eigenvalue weighted by Crippen LogP contribution is -1.71. The molecule has 1 heterocycles. The van der Waals surface area contributed by atoms with Gasteiger partial charge in [-0.15, -0.1) is 11.3 Å². The average Bonchev–Trinajstić information content (AvgIpc) is 2.96. The monoisotopic (exact) mass is 261 g/mol. The first kappa shape index (κ1) is 11.7. The van der Waals surface area contributed by atoms with Gasteiger partial charge in [0.1, 0.15) is 5.01 Å². The summed E-state index contributed by atoms with van der Waals surface area (Å²) >= 11 is 1.62. The Morgan fingerprint density at radius 1 is 0.789 bits per heavy atom. The van der Waals surface area contributed by atoms with Crippen LogP contribution in [0.25, 0.3) is 10.6 Å².